The van der Waals surface area contributed by atoms with Gasteiger partial charge in [0.2, 0.25) is 0 Å². The molecule has 0 amide bonds. The number of benzene rings is 1. The van der Waals surface area contributed by atoms with Crippen molar-refractivity contribution < 1.29 is 4.74 Å². The first kappa shape index (κ1) is 13.9. The lowest BCUT2D eigenvalue weighted by Gasteiger charge is -2.28. The molecule has 2 N–H and O–H groups in total. The van der Waals surface area contributed by atoms with E-state index < -0.39 is 0 Å². The number of rotatable bonds is 5. The van der Waals surface area contributed by atoms with Crippen LogP contribution >= 0.6 is 0 Å². The zero-order valence-corrected chi connectivity index (χ0v) is 12.3. The average molecular weight is 274 g/mol. The van der Waals surface area contributed by atoms with Crippen molar-refractivity contribution in [3.63, 3.8) is 0 Å². The van der Waals surface area contributed by atoms with Gasteiger partial charge >= 0.3 is 0 Å². The van der Waals surface area contributed by atoms with Gasteiger partial charge < -0.3 is 15.4 Å². The van der Waals surface area contributed by atoms with Crippen LogP contribution in [-0.4, -0.2) is 32.8 Å². The third kappa shape index (κ3) is 2.99. The van der Waals surface area contributed by atoms with E-state index in [9.17, 15) is 0 Å². The van der Waals surface area contributed by atoms with Gasteiger partial charge in [0.25, 0.3) is 0 Å². The van der Waals surface area contributed by atoms with Gasteiger partial charge in [-0.15, -0.1) is 0 Å². The Morgan fingerprint density at radius 3 is 2.90 bits per heavy atom. The number of fused-ring (bicyclic) bond motifs is 1. The van der Waals surface area contributed by atoms with Crippen LogP contribution in [0.15, 0.2) is 18.2 Å². The third-order valence-electron chi connectivity index (χ3n) is 4.69. The van der Waals surface area contributed by atoms with Crippen molar-refractivity contribution >= 4 is 5.69 Å². The maximum Gasteiger partial charge on any atom is 0.0469 e. The Balaban J connectivity index is 1.69. The van der Waals surface area contributed by atoms with E-state index >= 15 is 0 Å². The second-order valence-electron chi connectivity index (χ2n) is 6.06. The zero-order chi connectivity index (χ0) is 13.8. The predicted octanol–water partition coefficient (Wildman–Crippen LogP) is 2.37. The Kier molecular flexibility index (Phi) is 4.58. The van der Waals surface area contributed by atoms with Crippen LogP contribution in [0.1, 0.15) is 30.4 Å². The first-order valence-corrected chi connectivity index (χ1v) is 8.02. The summed E-state index contributed by atoms with van der Waals surface area (Å²) >= 11 is 0. The number of nitrogens with zero attached hydrogens (tertiary/aromatic N) is 1. The van der Waals surface area contributed by atoms with Crippen molar-refractivity contribution in [2.24, 2.45) is 11.7 Å². The number of aryl methyl sites for hydroxylation is 1. The molecule has 0 bridgehead atoms. The van der Waals surface area contributed by atoms with E-state index in [1.807, 2.05) is 0 Å². The minimum Gasteiger partial charge on any atom is -0.381 e. The van der Waals surface area contributed by atoms with Crippen molar-refractivity contribution in [3.05, 3.63) is 29.3 Å². The van der Waals surface area contributed by atoms with Gasteiger partial charge in [-0.05, 0) is 61.8 Å². The average Bonchev–Trinajstić information content (AvgIpc) is 2.90. The third-order valence-corrected chi connectivity index (χ3v) is 4.69. The fourth-order valence-electron chi connectivity index (χ4n) is 3.53. The molecular formula is C17H26N2O. The van der Waals surface area contributed by atoms with E-state index in [0.29, 0.717) is 0 Å². The Morgan fingerprint density at radius 1 is 1.25 bits per heavy atom. The fourth-order valence-corrected chi connectivity index (χ4v) is 3.53. The van der Waals surface area contributed by atoms with Crippen LogP contribution in [0.2, 0.25) is 0 Å². The van der Waals surface area contributed by atoms with Crippen LogP contribution in [-0.2, 0) is 17.6 Å². The lowest BCUT2D eigenvalue weighted by molar-refractivity contribution is 0.0683. The molecule has 1 aromatic carbocycles. The molecule has 1 saturated heterocycles. The summed E-state index contributed by atoms with van der Waals surface area (Å²) in [4.78, 5) is 2.59. The van der Waals surface area contributed by atoms with Gasteiger partial charge in [-0.25, -0.2) is 0 Å². The number of anilines is 1. The lowest BCUT2D eigenvalue weighted by atomic mass is 9.99. The Bertz CT molecular complexity index is 441. The van der Waals surface area contributed by atoms with Gasteiger partial charge in [0.1, 0.15) is 0 Å². The van der Waals surface area contributed by atoms with Crippen molar-refractivity contribution in [2.45, 2.75) is 32.1 Å². The molecule has 3 rings (SSSR count). The second kappa shape index (κ2) is 6.59. The molecule has 2 aliphatic rings. The molecule has 0 radical (unpaired) electrons. The molecule has 1 fully saturated rings. The molecule has 2 heterocycles. The highest BCUT2D eigenvalue weighted by molar-refractivity contribution is 5.61. The summed E-state index contributed by atoms with van der Waals surface area (Å²) in [6, 6.07) is 6.80. The van der Waals surface area contributed by atoms with Crippen LogP contribution in [0.4, 0.5) is 5.69 Å². The molecule has 0 spiro atoms. The topological polar surface area (TPSA) is 38.5 Å². The standard InChI is InChI=1S/C17H26N2O/c18-9-2-4-15-3-1-5-17-16(15)6-10-19(17)13-14-7-11-20-12-8-14/h1,3,5,14H,2,4,6-13,18H2. The van der Waals surface area contributed by atoms with E-state index in [0.717, 1.165) is 38.5 Å². The number of ether oxygens (including phenoxy) is 1. The Labute approximate surface area is 122 Å². The first-order chi connectivity index (χ1) is 9.88. The van der Waals surface area contributed by atoms with Gasteiger partial charge in [0.05, 0.1) is 0 Å². The molecule has 110 valence electrons. The normalized spacial score (nSPS) is 19.4. The molecule has 0 unspecified atom stereocenters. The second-order valence-corrected chi connectivity index (χ2v) is 6.06. The highest BCUT2D eigenvalue weighted by Gasteiger charge is 2.24. The van der Waals surface area contributed by atoms with E-state index in [-0.39, 0.29) is 0 Å². The molecule has 3 nitrogen and oxygen atoms in total. The van der Waals surface area contributed by atoms with E-state index in [1.54, 1.807) is 5.56 Å². The summed E-state index contributed by atoms with van der Waals surface area (Å²) < 4.78 is 5.47. The highest BCUT2D eigenvalue weighted by Crippen LogP contribution is 2.32. The Morgan fingerprint density at radius 2 is 2.10 bits per heavy atom. The van der Waals surface area contributed by atoms with Crippen molar-refractivity contribution in [3.8, 4) is 0 Å². The summed E-state index contributed by atoms with van der Waals surface area (Å²) in [6.07, 6.45) is 5.87. The van der Waals surface area contributed by atoms with Gasteiger partial charge in [-0.3, -0.25) is 0 Å². The van der Waals surface area contributed by atoms with E-state index in [1.165, 1.54) is 43.6 Å². The molecule has 2 aliphatic heterocycles. The van der Waals surface area contributed by atoms with Gasteiger partial charge in [-0.2, -0.15) is 0 Å². The fraction of sp³-hybridized carbons (Fsp3) is 0.647. The highest BCUT2D eigenvalue weighted by atomic mass is 16.5. The maximum atomic E-state index is 5.65. The Hall–Kier alpha value is -1.06. The minimum atomic E-state index is 0.787. The van der Waals surface area contributed by atoms with Crippen LogP contribution in [0.5, 0.6) is 0 Å². The molecule has 1 aromatic rings. The molecule has 0 atom stereocenters. The smallest absolute Gasteiger partial charge is 0.0469 e. The summed E-state index contributed by atoms with van der Waals surface area (Å²) in [5, 5.41) is 0. The number of nitrogens with two attached hydrogens (primary N) is 1. The van der Waals surface area contributed by atoms with E-state index in [2.05, 4.69) is 23.1 Å². The monoisotopic (exact) mass is 274 g/mol. The maximum absolute atomic E-state index is 5.65. The predicted molar refractivity (Wildman–Crippen MR) is 83.3 cm³/mol. The van der Waals surface area contributed by atoms with Crippen molar-refractivity contribution in [1.82, 2.24) is 0 Å². The van der Waals surface area contributed by atoms with Gasteiger partial charge in [-0.1, -0.05) is 12.1 Å². The van der Waals surface area contributed by atoms with Crippen LogP contribution in [0, 0.1) is 5.92 Å². The zero-order valence-electron chi connectivity index (χ0n) is 12.3. The summed E-state index contributed by atoms with van der Waals surface area (Å²) in [5.41, 5.74) is 10.2. The van der Waals surface area contributed by atoms with Crippen LogP contribution in [0.25, 0.3) is 0 Å². The van der Waals surface area contributed by atoms with Crippen LogP contribution in [0.3, 0.4) is 0 Å². The molecule has 0 saturated carbocycles. The molecule has 0 aromatic heterocycles. The summed E-state index contributed by atoms with van der Waals surface area (Å²) in [5.74, 6) is 0.808. The largest absolute Gasteiger partial charge is 0.381 e. The van der Waals surface area contributed by atoms with Crippen molar-refractivity contribution in [2.75, 3.05) is 37.7 Å². The number of hydrogen-bond donors (Lipinski definition) is 1. The van der Waals surface area contributed by atoms with E-state index in [4.69, 9.17) is 10.5 Å². The van der Waals surface area contributed by atoms with Crippen LogP contribution < -0.4 is 10.6 Å². The van der Waals surface area contributed by atoms with Gasteiger partial charge in [0, 0.05) is 32.0 Å². The molecular weight excluding hydrogens is 248 g/mol. The number of hydrogen-bond acceptors (Lipinski definition) is 3. The summed E-state index contributed by atoms with van der Waals surface area (Å²) in [7, 11) is 0. The minimum absolute atomic E-state index is 0.787. The quantitative estimate of drug-likeness (QED) is 0.896. The van der Waals surface area contributed by atoms with Crippen molar-refractivity contribution in [1.29, 1.82) is 0 Å². The van der Waals surface area contributed by atoms with Gasteiger partial charge in [0.15, 0.2) is 0 Å². The molecule has 0 aliphatic carbocycles. The first-order valence-electron chi connectivity index (χ1n) is 8.02. The lowest BCUT2D eigenvalue weighted by Crippen LogP contribution is -2.31. The summed E-state index contributed by atoms with van der Waals surface area (Å²) in [6.45, 7) is 5.07. The molecule has 3 heteroatoms. The molecule has 20 heavy (non-hydrogen) atoms. The SMILES string of the molecule is NCCCc1cccc2c1CCN2CC1CCOCC1.